The van der Waals surface area contributed by atoms with Crippen LogP contribution in [-0.4, -0.2) is 77.0 Å². The third kappa shape index (κ3) is 8.32. The van der Waals surface area contributed by atoms with Crippen LogP contribution in [0.5, 0.6) is 0 Å². The first kappa shape index (κ1) is 27.7. The predicted molar refractivity (Wildman–Crippen MR) is 155 cm³/mol. The lowest BCUT2D eigenvalue weighted by atomic mass is 10.0. The Kier molecular flexibility index (Phi) is 10.7. The van der Waals surface area contributed by atoms with Crippen LogP contribution in [0.4, 0.5) is 0 Å². The van der Waals surface area contributed by atoms with Gasteiger partial charge in [0.2, 0.25) is 0 Å². The van der Waals surface area contributed by atoms with E-state index in [1.807, 2.05) is 0 Å². The molecule has 4 aromatic carbocycles. The second kappa shape index (κ2) is 15.1. The average molecular weight is 530 g/mol. The Balaban J connectivity index is 1.36. The standard InChI is InChI=1S/C33H39NO5/c1-3-13-32-27(7-1)9-5-11-29(32)23-34(24-30-12-6-10-28-8-2-4-14-33(28)30)25-31-26-38-20-19-36-16-15-35-17-18-37-21-22-39-31/h1-14,31H,15-26H2. The van der Waals surface area contributed by atoms with Gasteiger partial charge in [0.15, 0.2) is 0 Å². The Hall–Kier alpha value is -2.84. The molecule has 1 aliphatic heterocycles. The molecular weight excluding hydrogens is 490 g/mol. The zero-order valence-corrected chi connectivity index (χ0v) is 22.6. The molecule has 6 nitrogen and oxygen atoms in total. The first-order valence-electron chi connectivity index (χ1n) is 13.9. The Morgan fingerprint density at radius 3 is 1.54 bits per heavy atom. The third-order valence-corrected chi connectivity index (χ3v) is 7.01. The Morgan fingerprint density at radius 1 is 0.513 bits per heavy atom. The summed E-state index contributed by atoms with van der Waals surface area (Å²) in [6.07, 6.45) is -0.0973. The normalized spacial score (nSPS) is 18.6. The fourth-order valence-corrected chi connectivity index (χ4v) is 5.12. The molecule has 6 heteroatoms. The summed E-state index contributed by atoms with van der Waals surface area (Å²) in [5.41, 5.74) is 2.62. The van der Waals surface area contributed by atoms with Gasteiger partial charge in [-0.25, -0.2) is 0 Å². The van der Waals surface area contributed by atoms with Crippen LogP contribution >= 0.6 is 0 Å². The van der Waals surface area contributed by atoms with E-state index in [0.717, 1.165) is 19.6 Å². The highest BCUT2D eigenvalue weighted by Gasteiger charge is 2.18. The van der Waals surface area contributed by atoms with E-state index in [0.29, 0.717) is 59.5 Å². The van der Waals surface area contributed by atoms with Crippen LogP contribution in [0.15, 0.2) is 84.9 Å². The highest BCUT2D eigenvalue weighted by atomic mass is 16.6. The van der Waals surface area contributed by atoms with Crippen LogP contribution in [0.25, 0.3) is 21.5 Å². The summed E-state index contributed by atoms with van der Waals surface area (Å²) in [6.45, 7) is 7.22. The van der Waals surface area contributed by atoms with Gasteiger partial charge in [-0.05, 0) is 32.7 Å². The predicted octanol–water partition coefficient (Wildman–Crippen LogP) is 5.46. The number of ether oxygens (including phenoxy) is 5. The number of fused-ring (bicyclic) bond motifs is 2. The summed E-state index contributed by atoms with van der Waals surface area (Å²) in [4.78, 5) is 2.48. The van der Waals surface area contributed by atoms with E-state index in [-0.39, 0.29) is 6.10 Å². The van der Waals surface area contributed by atoms with Gasteiger partial charge in [-0.1, -0.05) is 84.9 Å². The number of rotatable bonds is 6. The van der Waals surface area contributed by atoms with Gasteiger partial charge in [0.05, 0.1) is 65.6 Å². The number of hydrogen-bond donors (Lipinski definition) is 0. The van der Waals surface area contributed by atoms with Crippen LogP contribution in [0.2, 0.25) is 0 Å². The Labute approximate surface area is 231 Å². The summed E-state index contributed by atoms with van der Waals surface area (Å²) in [7, 11) is 0. The minimum Gasteiger partial charge on any atom is -0.377 e. The van der Waals surface area contributed by atoms with Crippen LogP contribution in [0.3, 0.4) is 0 Å². The van der Waals surface area contributed by atoms with Crippen molar-refractivity contribution in [3.05, 3.63) is 96.1 Å². The van der Waals surface area contributed by atoms with E-state index in [2.05, 4.69) is 89.8 Å². The van der Waals surface area contributed by atoms with Crippen molar-refractivity contribution in [1.29, 1.82) is 0 Å². The number of hydrogen-bond acceptors (Lipinski definition) is 6. The van der Waals surface area contributed by atoms with Gasteiger partial charge < -0.3 is 23.7 Å². The van der Waals surface area contributed by atoms with Gasteiger partial charge in [-0.2, -0.15) is 0 Å². The lowest BCUT2D eigenvalue weighted by Gasteiger charge is -2.29. The third-order valence-electron chi connectivity index (χ3n) is 7.01. The van der Waals surface area contributed by atoms with E-state index < -0.39 is 0 Å². The highest BCUT2D eigenvalue weighted by molar-refractivity contribution is 5.86. The monoisotopic (exact) mass is 529 g/mol. The highest BCUT2D eigenvalue weighted by Crippen LogP contribution is 2.24. The Morgan fingerprint density at radius 2 is 0.974 bits per heavy atom. The Bertz CT molecular complexity index is 1190. The minimum absolute atomic E-state index is 0.0973. The lowest BCUT2D eigenvalue weighted by molar-refractivity contribution is -0.0585. The molecule has 0 saturated carbocycles. The van der Waals surface area contributed by atoms with Crippen molar-refractivity contribution in [1.82, 2.24) is 4.90 Å². The molecule has 39 heavy (non-hydrogen) atoms. The molecule has 0 spiro atoms. The van der Waals surface area contributed by atoms with E-state index in [1.165, 1.54) is 32.7 Å². The van der Waals surface area contributed by atoms with Crippen molar-refractivity contribution < 1.29 is 23.7 Å². The van der Waals surface area contributed by atoms with E-state index in [1.54, 1.807) is 0 Å². The molecule has 206 valence electrons. The maximum atomic E-state index is 6.33. The van der Waals surface area contributed by atoms with Crippen molar-refractivity contribution in [3.63, 3.8) is 0 Å². The molecule has 0 aromatic heterocycles. The summed E-state index contributed by atoms with van der Waals surface area (Å²) in [5.74, 6) is 0. The van der Waals surface area contributed by atoms with Crippen LogP contribution in [-0.2, 0) is 36.8 Å². The van der Waals surface area contributed by atoms with Crippen molar-refractivity contribution in [2.75, 3.05) is 66.0 Å². The zero-order valence-electron chi connectivity index (χ0n) is 22.6. The largest absolute Gasteiger partial charge is 0.377 e. The lowest BCUT2D eigenvalue weighted by Crippen LogP contribution is -2.37. The molecule has 1 saturated heterocycles. The van der Waals surface area contributed by atoms with Gasteiger partial charge in [-0.3, -0.25) is 4.90 Å². The molecule has 1 heterocycles. The van der Waals surface area contributed by atoms with Gasteiger partial charge >= 0.3 is 0 Å². The topological polar surface area (TPSA) is 49.4 Å². The van der Waals surface area contributed by atoms with Crippen molar-refractivity contribution in [2.45, 2.75) is 19.2 Å². The minimum atomic E-state index is -0.0973. The summed E-state index contributed by atoms with van der Waals surface area (Å²) < 4.78 is 29.2. The molecule has 0 amide bonds. The summed E-state index contributed by atoms with van der Waals surface area (Å²) in [5, 5.41) is 5.09. The summed E-state index contributed by atoms with van der Waals surface area (Å²) in [6, 6.07) is 30.3. The first-order valence-corrected chi connectivity index (χ1v) is 13.9. The molecule has 1 unspecified atom stereocenters. The van der Waals surface area contributed by atoms with Crippen molar-refractivity contribution >= 4 is 21.5 Å². The van der Waals surface area contributed by atoms with Crippen molar-refractivity contribution in [3.8, 4) is 0 Å². The number of benzene rings is 4. The molecular formula is C33H39NO5. The molecule has 1 fully saturated rings. The van der Waals surface area contributed by atoms with Gasteiger partial charge in [0.25, 0.3) is 0 Å². The van der Waals surface area contributed by atoms with Crippen molar-refractivity contribution in [2.24, 2.45) is 0 Å². The molecule has 0 N–H and O–H groups in total. The maximum Gasteiger partial charge on any atom is 0.0936 e. The fourth-order valence-electron chi connectivity index (χ4n) is 5.12. The quantitative estimate of drug-likeness (QED) is 0.331. The smallest absolute Gasteiger partial charge is 0.0936 e. The molecule has 0 aliphatic carbocycles. The van der Waals surface area contributed by atoms with E-state index in [4.69, 9.17) is 23.7 Å². The molecule has 1 atom stereocenters. The summed E-state index contributed by atoms with van der Waals surface area (Å²) >= 11 is 0. The van der Waals surface area contributed by atoms with E-state index in [9.17, 15) is 0 Å². The van der Waals surface area contributed by atoms with Gasteiger partial charge in [-0.15, -0.1) is 0 Å². The van der Waals surface area contributed by atoms with Gasteiger partial charge in [0, 0.05) is 19.6 Å². The zero-order chi connectivity index (χ0) is 26.5. The van der Waals surface area contributed by atoms with Crippen LogP contribution < -0.4 is 0 Å². The van der Waals surface area contributed by atoms with Crippen LogP contribution in [0, 0.1) is 0 Å². The molecule has 4 aromatic rings. The second-order valence-corrected chi connectivity index (χ2v) is 9.85. The number of nitrogens with zero attached hydrogens (tertiary/aromatic N) is 1. The maximum absolute atomic E-state index is 6.33. The molecule has 0 radical (unpaired) electrons. The van der Waals surface area contributed by atoms with Crippen LogP contribution in [0.1, 0.15) is 11.1 Å². The second-order valence-electron chi connectivity index (χ2n) is 9.85. The van der Waals surface area contributed by atoms with E-state index >= 15 is 0 Å². The molecule has 5 rings (SSSR count). The SMILES string of the molecule is c1ccc2c(CN(Cc3cccc4ccccc34)CC3COCCOCCOCCOCCO3)cccc2c1. The molecule has 1 aliphatic rings. The average Bonchev–Trinajstić information content (AvgIpc) is 2.98. The fraction of sp³-hybridized carbons (Fsp3) is 0.394. The van der Waals surface area contributed by atoms with Gasteiger partial charge in [0.1, 0.15) is 0 Å². The molecule has 0 bridgehead atoms. The first-order chi connectivity index (χ1) is 19.4.